The SMILES string of the molecule is CC(C)C1=CC=C=C(c2cc(Cl)ccc2F)C=C1Nc1ccncc1C(=O)NC(CO)CO. The first kappa shape index (κ1) is 24.4. The van der Waals surface area contributed by atoms with E-state index >= 15 is 0 Å². The number of allylic oxidation sites excluding steroid dienone is 4. The number of nitrogens with one attached hydrogen (secondary N) is 2. The van der Waals surface area contributed by atoms with Crippen LogP contribution in [-0.4, -0.2) is 40.4 Å². The lowest BCUT2D eigenvalue weighted by atomic mass is 9.97. The van der Waals surface area contributed by atoms with Crippen molar-refractivity contribution in [2.75, 3.05) is 18.5 Å². The Labute approximate surface area is 196 Å². The van der Waals surface area contributed by atoms with Crippen molar-refractivity contribution >= 4 is 28.8 Å². The summed E-state index contributed by atoms with van der Waals surface area (Å²) in [7, 11) is 0. The van der Waals surface area contributed by atoms with E-state index < -0.39 is 31.0 Å². The molecule has 0 saturated heterocycles. The number of aromatic nitrogens is 1. The standard InChI is InChI=1S/C25H25ClFN3O3/c1-15(2)19-5-3-4-16(20-11-17(26)6-7-22(20)27)10-24(19)30-23-8-9-28-12-21(23)25(33)29-18(13-31)14-32/h3,5-12,15,18,31-32H,13-14H2,1-2H3,(H,28,30)(H,29,33). The number of anilines is 1. The highest BCUT2D eigenvalue weighted by atomic mass is 35.5. The second kappa shape index (κ2) is 11.1. The number of carbonyl (C=O) groups excluding carboxylic acids is 1. The molecule has 1 heterocycles. The van der Waals surface area contributed by atoms with Crippen LogP contribution in [-0.2, 0) is 0 Å². The number of amides is 1. The van der Waals surface area contributed by atoms with Gasteiger partial charge >= 0.3 is 0 Å². The quantitative estimate of drug-likeness (QED) is 0.437. The summed E-state index contributed by atoms with van der Waals surface area (Å²) in [5, 5.41) is 24.8. The van der Waals surface area contributed by atoms with Gasteiger partial charge in [-0.05, 0) is 54.0 Å². The van der Waals surface area contributed by atoms with E-state index in [9.17, 15) is 19.4 Å². The molecular formula is C25H25ClFN3O3. The van der Waals surface area contributed by atoms with E-state index in [1.807, 2.05) is 19.9 Å². The lowest BCUT2D eigenvalue weighted by molar-refractivity contribution is 0.0880. The van der Waals surface area contributed by atoms with Gasteiger partial charge in [0.1, 0.15) is 5.82 Å². The first-order valence-corrected chi connectivity index (χ1v) is 10.8. The van der Waals surface area contributed by atoms with E-state index in [2.05, 4.69) is 21.3 Å². The largest absolute Gasteiger partial charge is 0.394 e. The fourth-order valence-corrected chi connectivity index (χ4v) is 3.47. The molecule has 1 amide bonds. The zero-order valence-electron chi connectivity index (χ0n) is 18.3. The van der Waals surface area contributed by atoms with E-state index in [0.29, 0.717) is 27.5 Å². The van der Waals surface area contributed by atoms with Crippen LogP contribution in [0, 0.1) is 11.7 Å². The lowest BCUT2D eigenvalue weighted by Gasteiger charge is -2.20. The van der Waals surface area contributed by atoms with Crippen molar-refractivity contribution in [2.24, 2.45) is 5.92 Å². The van der Waals surface area contributed by atoms with Crippen LogP contribution in [0.15, 0.2) is 71.9 Å². The summed E-state index contributed by atoms with van der Waals surface area (Å²) in [4.78, 5) is 16.8. The number of pyridine rings is 1. The van der Waals surface area contributed by atoms with Crippen LogP contribution in [0.2, 0.25) is 5.02 Å². The summed E-state index contributed by atoms with van der Waals surface area (Å²) >= 11 is 6.09. The second-order valence-corrected chi connectivity index (χ2v) is 8.20. The maximum Gasteiger partial charge on any atom is 0.255 e. The number of benzene rings is 1. The Morgan fingerprint density at radius 3 is 2.70 bits per heavy atom. The molecular weight excluding hydrogens is 445 g/mol. The van der Waals surface area contributed by atoms with Gasteiger partial charge in [-0.2, -0.15) is 0 Å². The minimum Gasteiger partial charge on any atom is -0.394 e. The summed E-state index contributed by atoms with van der Waals surface area (Å²) in [6.45, 7) is 3.24. The van der Waals surface area contributed by atoms with Gasteiger partial charge in [-0.15, -0.1) is 5.73 Å². The molecule has 33 heavy (non-hydrogen) atoms. The van der Waals surface area contributed by atoms with Crippen LogP contribution in [0.3, 0.4) is 0 Å². The van der Waals surface area contributed by atoms with Crippen LogP contribution in [0.4, 0.5) is 10.1 Å². The minimum atomic E-state index is -0.793. The molecule has 0 unspecified atom stereocenters. The normalized spacial score (nSPS) is 13.4. The molecule has 0 atom stereocenters. The number of aliphatic hydroxyl groups excluding tert-OH is 2. The van der Waals surface area contributed by atoms with Crippen molar-refractivity contribution in [1.82, 2.24) is 10.3 Å². The van der Waals surface area contributed by atoms with Gasteiger partial charge in [0.25, 0.3) is 5.91 Å². The number of carbonyl (C=O) groups is 1. The summed E-state index contributed by atoms with van der Waals surface area (Å²) < 4.78 is 14.6. The molecule has 172 valence electrons. The molecule has 0 fully saturated rings. The third-order valence-corrected chi connectivity index (χ3v) is 5.29. The second-order valence-electron chi connectivity index (χ2n) is 7.77. The van der Waals surface area contributed by atoms with Gasteiger partial charge < -0.3 is 20.8 Å². The van der Waals surface area contributed by atoms with E-state index in [4.69, 9.17) is 11.6 Å². The molecule has 1 aliphatic rings. The smallest absolute Gasteiger partial charge is 0.255 e. The topological polar surface area (TPSA) is 94.5 Å². The van der Waals surface area contributed by atoms with Crippen molar-refractivity contribution in [3.8, 4) is 0 Å². The molecule has 0 radical (unpaired) electrons. The first-order chi connectivity index (χ1) is 15.8. The number of halogens is 2. The molecule has 6 nitrogen and oxygen atoms in total. The molecule has 4 N–H and O–H groups in total. The van der Waals surface area contributed by atoms with Crippen LogP contribution >= 0.6 is 11.6 Å². The Kier molecular flexibility index (Phi) is 8.20. The van der Waals surface area contributed by atoms with Crippen LogP contribution in [0.5, 0.6) is 0 Å². The van der Waals surface area contributed by atoms with Crippen molar-refractivity contribution < 1.29 is 19.4 Å². The van der Waals surface area contributed by atoms with Gasteiger partial charge in [-0.1, -0.05) is 25.4 Å². The number of hydrogen-bond donors (Lipinski definition) is 4. The Hall–Kier alpha value is -3.22. The molecule has 0 spiro atoms. The fourth-order valence-electron chi connectivity index (χ4n) is 3.29. The van der Waals surface area contributed by atoms with Gasteiger partial charge in [-0.3, -0.25) is 9.78 Å². The zero-order valence-corrected chi connectivity index (χ0v) is 19.0. The number of rotatable bonds is 8. The van der Waals surface area contributed by atoms with Gasteiger partial charge in [-0.25, -0.2) is 4.39 Å². The lowest BCUT2D eigenvalue weighted by Crippen LogP contribution is -2.40. The highest BCUT2D eigenvalue weighted by Gasteiger charge is 2.19. The van der Waals surface area contributed by atoms with Crippen molar-refractivity contribution in [2.45, 2.75) is 19.9 Å². The highest BCUT2D eigenvalue weighted by molar-refractivity contribution is 6.30. The number of hydrogen-bond acceptors (Lipinski definition) is 5. The summed E-state index contributed by atoms with van der Waals surface area (Å²) in [6.07, 6.45) is 8.30. The average Bonchev–Trinajstić information content (AvgIpc) is 3.01. The van der Waals surface area contributed by atoms with Crippen LogP contribution in [0.25, 0.3) is 5.57 Å². The molecule has 8 heteroatoms. The Morgan fingerprint density at radius 2 is 2.00 bits per heavy atom. The molecule has 1 aromatic carbocycles. The third-order valence-electron chi connectivity index (χ3n) is 5.05. The van der Waals surface area contributed by atoms with Crippen molar-refractivity contribution in [3.63, 3.8) is 0 Å². The van der Waals surface area contributed by atoms with E-state index in [-0.39, 0.29) is 11.5 Å². The monoisotopic (exact) mass is 469 g/mol. The highest BCUT2D eigenvalue weighted by Crippen LogP contribution is 2.30. The third kappa shape index (κ3) is 5.97. The molecule has 1 aliphatic carbocycles. The van der Waals surface area contributed by atoms with E-state index in [1.165, 1.54) is 30.6 Å². The maximum absolute atomic E-state index is 14.6. The Balaban J connectivity index is 2.02. The minimum absolute atomic E-state index is 0.109. The van der Waals surface area contributed by atoms with Crippen molar-refractivity contribution in [1.29, 1.82) is 0 Å². The molecule has 0 bridgehead atoms. The van der Waals surface area contributed by atoms with Crippen LogP contribution in [0.1, 0.15) is 29.8 Å². The summed E-state index contributed by atoms with van der Waals surface area (Å²) in [5.74, 6) is -0.822. The predicted octanol–water partition coefficient (Wildman–Crippen LogP) is 4.09. The van der Waals surface area contributed by atoms with Gasteiger partial charge in [0.15, 0.2) is 0 Å². The van der Waals surface area contributed by atoms with Gasteiger partial charge in [0.2, 0.25) is 0 Å². The first-order valence-electron chi connectivity index (χ1n) is 10.4. The Bertz CT molecular complexity index is 1160. The summed E-state index contributed by atoms with van der Waals surface area (Å²) in [5.41, 5.74) is 6.16. The number of nitrogens with zero attached hydrogens (tertiary/aromatic N) is 1. The molecule has 0 saturated carbocycles. The summed E-state index contributed by atoms with van der Waals surface area (Å²) in [6, 6.07) is 5.17. The zero-order chi connectivity index (χ0) is 24.0. The van der Waals surface area contributed by atoms with E-state index in [1.54, 1.807) is 18.2 Å². The van der Waals surface area contributed by atoms with Gasteiger partial charge in [0.05, 0.1) is 30.5 Å². The van der Waals surface area contributed by atoms with Crippen molar-refractivity contribution in [3.05, 3.63) is 93.9 Å². The molecule has 2 aromatic rings. The molecule has 0 aliphatic heterocycles. The number of aliphatic hydroxyl groups is 2. The van der Waals surface area contributed by atoms with Crippen LogP contribution < -0.4 is 10.6 Å². The molecule has 1 aromatic heterocycles. The fraction of sp³-hybridized carbons (Fsp3) is 0.240. The Morgan fingerprint density at radius 1 is 1.24 bits per heavy atom. The van der Waals surface area contributed by atoms with Gasteiger partial charge in [0, 0.05) is 34.2 Å². The predicted molar refractivity (Wildman–Crippen MR) is 127 cm³/mol. The average molecular weight is 470 g/mol. The van der Waals surface area contributed by atoms with E-state index in [0.717, 1.165) is 5.57 Å². The maximum atomic E-state index is 14.6. The molecule has 3 rings (SSSR count).